The molecule has 0 radical (unpaired) electrons. The average Bonchev–Trinajstić information content (AvgIpc) is 2.58. The predicted octanol–water partition coefficient (Wildman–Crippen LogP) is 4.87. The maximum atomic E-state index is 12.6. The van der Waals surface area contributed by atoms with Crippen LogP contribution in [0.3, 0.4) is 0 Å². The number of hydrogen-bond donors (Lipinski definition) is 1. The molecule has 1 amide bonds. The van der Waals surface area contributed by atoms with E-state index in [1.54, 1.807) is 6.20 Å². The van der Waals surface area contributed by atoms with Gasteiger partial charge in [0.05, 0.1) is 11.5 Å². The number of carbonyl (C=O) groups is 1. The van der Waals surface area contributed by atoms with E-state index >= 15 is 0 Å². The van der Waals surface area contributed by atoms with Gasteiger partial charge >= 0.3 is 0 Å². The van der Waals surface area contributed by atoms with Crippen molar-refractivity contribution in [2.75, 3.05) is 26.0 Å². The van der Waals surface area contributed by atoms with Crippen LogP contribution in [0, 0.1) is 0 Å². The van der Waals surface area contributed by atoms with Crippen molar-refractivity contribution < 1.29 is 9.53 Å². The Bertz CT molecular complexity index is 728. The van der Waals surface area contributed by atoms with Crippen molar-refractivity contribution in [3.8, 4) is 5.75 Å². The standard InChI is InChI=1S/C19H21ClN2O2S/c1-4-24-16-9-7-15(8-10-16)21-19(23)18(13-22(2)3)25-17-11-5-14(20)6-12-17/h5-13H,4H2,1-3H3,(H,21,23). The lowest BCUT2D eigenvalue weighted by atomic mass is 10.3. The maximum Gasteiger partial charge on any atom is 0.263 e. The molecule has 0 spiro atoms. The van der Waals surface area contributed by atoms with E-state index in [0.29, 0.717) is 16.5 Å². The Balaban J connectivity index is 2.11. The number of thioether (sulfide) groups is 1. The normalized spacial score (nSPS) is 11.1. The summed E-state index contributed by atoms with van der Waals surface area (Å²) in [6.45, 7) is 2.54. The lowest BCUT2D eigenvalue weighted by Gasteiger charge is -2.13. The molecule has 132 valence electrons. The van der Waals surface area contributed by atoms with Crippen LogP contribution in [0.1, 0.15) is 6.92 Å². The van der Waals surface area contributed by atoms with E-state index in [0.717, 1.165) is 16.3 Å². The van der Waals surface area contributed by atoms with Crippen molar-refractivity contribution in [2.45, 2.75) is 11.8 Å². The number of anilines is 1. The van der Waals surface area contributed by atoms with E-state index in [-0.39, 0.29) is 5.91 Å². The summed E-state index contributed by atoms with van der Waals surface area (Å²) in [7, 11) is 3.76. The van der Waals surface area contributed by atoms with Crippen LogP contribution in [-0.2, 0) is 4.79 Å². The van der Waals surface area contributed by atoms with Gasteiger partial charge in [-0.1, -0.05) is 23.4 Å². The molecule has 2 rings (SSSR count). The summed E-state index contributed by atoms with van der Waals surface area (Å²) in [5.41, 5.74) is 0.717. The van der Waals surface area contributed by atoms with Gasteiger partial charge in [-0.15, -0.1) is 0 Å². The van der Waals surface area contributed by atoms with Gasteiger partial charge < -0.3 is 15.0 Å². The number of amides is 1. The van der Waals surface area contributed by atoms with E-state index in [1.807, 2.05) is 74.4 Å². The number of ether oxygens (including phenoxy) is 1. The van der Waals surface area contributed by atoms with Crippen molar-refractivity contribution in [3.63, 3.8) is 0 Å². The molecule has 0 unspecified atom stereocenters. The molecule has 0 fully saturated rings. The van der Waals surface area contributed by atoms with Crippen LogP contribution < -0.4 is 10.1 Å². The topological polar surface area (TPSA) is 41.6 Å². The van der Waals surface area contributed by atoms with Crippen LogP contribution >= 0.6 is 23.4 Å². The molecule has 25 heavy (non-hydrogen) atoms. The summed E-state index contributed by atoms with van der Waals surface area (Å²) in [6.07, 6.45) is 1.79. The van der Waals surface area contributed by atoms with Crippen LogP contribution in [0.15, 0.2) is 64.5 Å². The first-order valence-corrected chi connectivity index (χ1v) is 9.03. The zero-order valence-electron chi connectivity index (χ0n) is 14.5. The van der Waals surface area contributed by atoms with Crippen LogP contribution in [-0.4, -0.2) is 31.5 Å². The molecule has 1 N–H and O–H groups in total. The predicted molar refractivity (Wildman–Crippen MR) is 105 cm³/mol. The second-order valence-electron chi connectivity index (χ2n) is 5.42. The molecule has 0 aliphatic heterocycles. The second kappa shape index (κ2) is 9.39. The van der Waals surface area contributed by atoms with E-state index < -0.39 is 0 Å². The first-order valence-electron chi connectivity index (χ1n) is 7.84. The third kappa shape index (κ3) is 6.36. The minimum Gasteiger partial charge on any atom is -0.494 e. The van der Waals surface area contributed by atoms with E-state index in [9.17, 15) is 4.79 Å². The minimum absolute atomic E-state index is 0.169. The molecule has 4 nitrogen and oxygen atoms in total. The number of halogens is 1. The van der Waals surface area contributed by atoms with E-state index in [2.05, 4.69) is 5.32 Å². The Labute approximate surface area is 157 Å². The Hall–Kier alpha value is -2.11. The van der Waals surface area contributed by atoms with Crippen LogP contribution in [0.4, 0.5) is 5.69 Å². The first kappa shape index (κ1) is 19.2. The Kier molecular flexibility index (Phi) is 7.22. The molecule has 0 aliphatic carbocycles. The van der Waals surface area contributed by atoms with Crippen LogP contribution in [0.5, 0.6) is 5.75 Å². The number of carbonyl (C=O) groups excluding carboxylic acids is 1. The Morgan fingerprint density at radius 2 is 1.80 bits per heavy atom. The first-order chi connectivity index (χ1) is 12.0. The fourth-order valence-electron chi connectivity index (χ4n) is 1.99. The SMILES string of the molecule is CCOc1ccc(NC(=O)C(=CN(C)C)Sc2ccc(Cl)cc2)cc1. The maximum absolute atomic E-state index is 12.6. The number of benzene rings is 2. The monoisotopic (exact) mass is 376 g/mol. The average molecular weight is 377 g/mol. The lowest BCUT2D eigenvalue weighted by Crippen LogP contribution is -2.15. The number of nitrogens with zero attached hydrogens (tertiary/aromatic N) is 1. The quantitative estimate of drug-likeness (QED) is 0.552. The second-order valence-corrected chi connectivity index (χ2v) is 6.98. The van der Waals surface area contributed by atoms with Gasteiger partial charge in [-0.2, -0.15) is 0 Å². The van der Waals surface area contributed by atoms with Gasteiger partial charge in [-0.05, 0) is 55.5 Å². The number of nitrogens with one attached hydrogen (secondary N) is 1. The molecule has 0 saturated heterocycles. The third-order valence-corrected chi connectivity index (χ3v) is 4.33. The van der Waals surface area contributed by atoms with E-state index in [4.69, 9.17) is 16.3 Å². The molecule has 0 bridgehead atoms. The lowest BCUT2D eigenvalue weighted by molar-refractivity contribution is -0.112. The highest BCUT2D eigenvalue weighted by Gasteiger charge is 2.13. The van der Waals surface area contributed by atoms with Crippen molar-refractivity contribution in [1.82, 2.24) is 4.90 Å². The van der Waals surface area contributed by atoms with Gasteiger partial charge in [-0.25, -0.2) is 0 Å². The molecule has 0 atom stereocenters. The minimum atomic E-state index is -0.169. The summed E-state index contributed by atoms with van der Waals surface area (Å²) < 4.78 is 5.41. The van der Waals surface area contributed by atoms with Crippen LogP contribution in [0.25, 0.3) is 0 Å². The molecule has 2 aromatic rings. The van der Waals surface area contributed by atoms with Crippen molar-refractivity contribution in [3.05, 3.63) is 64.7 Å². The highest BCUT2D eigenvalue weighted by molar-refractivity contribution is 8.04. The van der Waals surface area contributed by atoms with Crippen molar-refractivity contribution >= 4 is 35.0 Å². The smallest absolute Gasteiger partial charge is 0.263 e. The molecule has 0 heterocycles. The largest absolute Gasteiger partial charge is 0.494 e. The Morgan fingerprint density at radius 3 is 2.36 bits per heavy atom. The Morgan fingerprint density at radius 1 is 1.16 bits per heavy atom. The van der Waals surface area contributed by atoms with Gasteiger partial charge in [0, 0.05) is 35.9 Å². The summed E-state index contributed by atoms with van der Waals surface area (Å²) in [4.78, 5) is 16.0. The molecule has 0 saturated carbocycles. The fourth-order valence-corrected chi connectivity index (χ4v) is 3.05. The van der Waals surface area contributed by atoms with Crippen LogP contribution in [0.2, 0.25) is 5.02 Å². The van der Waals surface area contributed by atoms with Gasteiger partial charge in [-0.3, -0.25) is 4.79 Å². The highest BCUT2D eigenvalue weighted by Crippen LogP contribution is 2.29. The summed E-state index contributed by atoms with van der Waals surface area (Å²) in [5.74, 6) is 0.609. The highest BCUT2D eigenvalue weighted by atomic mass is 35.5. The summed E-state index contributed by atoms with van der Waals surface area (Å²) in [5, 5.41) is 3.58. The van der Waals surface area contributed by atoms with Crippen molar-refractivity contribution in [1.29, 1.82) is 0 Å². The van der Waals surface area contributed by atoms with E-state index in [1.165, 1.54) is 11.8 Å². The zero-order chi connectivity index (χ0) is 18.2. The molecule has 0 aromatic heterocycles. The van der Waals surface area contributed by atoms with Gasteiger partial charge in [0.2, 0.25) is 0 Å². The summed E-state index contributed by atoms with van der Waals surface area (Å²) in [6, 6.07) is 14.7. The van der Waals surface area contributed by atoms with Gasteiger partial charge in [0.25, 0.3) is 5.91 Å². The fraction of sp³-hybridized carbons (Fsp3) is 0.211. The number of hydrogen-bond acceptors (Lipinski definition) is 4. The zero-order valence-corrected chi connectivity index (χ0v) is 16.0. The molecular weight excluding hydrogens is 356 g/mol. The van der Waals surface area contributed by atoms with Gasteiger partial charge in [0.15, 0.2) is 0 Å². The molecule has 2 aromatic carbocycles. The van der Waals surface area contributed by atoms with Gasteiger partial charge in [0.1, 0.15) is 5.75 Å². The molecule has 0 aliphatic rings. The number of rotatable bonds is 7. The molecule has 6 heteroatoms. The third-order valence-electron chi connectivity index (χ3n) is 3.06. The molecular formula is C19H21ClN2O2S. The van der Waals surface area contributed by atoms with Crippen molar-refractivity contribution in [2.24, 2.45) is 0 Å². The summed E-state index contributed by atoms with van der Waals surface area (Å²) >= 11 is 7.30.